The predicted octanol–water partition coefficient (Wildman–Crippen LogP) is 4.10. The molecule has 0 radical (unpaired) electrons. The van der Waals surface area contributed by atoms with Crippen LogP contribution in [-0.2, 0) is 12.6 Å². The summed E-state index contributed by atoms with van der Waals surface area (Å²) in [7, 11) is 0. The lowest BCUT2D eigenvalue weighted by molar-refractivity contribution is -0.141. The van der Waals surface area contributed by atoms with Crippen molar-refractivity contribution in [1.29, 1.82) is 0 Å². The van der Waals surface area contributed by atoms with Gasteiger partial charge in [0.15, 0.2) is 5.69 Å². The van der Waals surface area contributed by atoms with Crippen molar-refractivity contribution >= 4 is 11.9 Å². The van der Waals surface area contributed by atoms with Crippen molar-refractivity contribution in [3.8, 4) is 11.6 Å². The fraction of sp³-hybridized carbons (Fsp3) is 0.292. The largest absolute Gasteiger partial charge is 0.439 e. The Kier molecular flexibility index (Phi) is 6.62. The summed E-state index contributed by atoms with van der Waals surface area (Å²) in [5.41, 5.74) is 3.93. The number of alkyl halides is 3. The molecule has 1 aliphatic rings. The topological polar surface area (TPSA) is 102 Å². The van der Waals surface area contributed by atoms with Crippen LogP contribution in [0.2, 0.25) is 0 Å². The lowest BCUT2D eigenvalue weighted by Crippen LogP contribution is -2.46. The number of rotatable bonds is 6. The van der Waals surface area contributed by atoms with Crippen LogP contribution in [-0.4, -0.2) is 39.7 Å². The highest BCUT2D eigenvalue weighted by Crippen LogP contribution is 2.34. The normalized spacial score (nSPS) is 15.6. The Labute approximate surface area is 198 Å². The molecule has 1 amide bonds. The number of ether oxygens (including phenoxy) is 1. The minimum Gasteiger partial charge on any atom is -0.439 e. The van der Waals surface area contributed by atoms with Crippen LogP contribution >= 0.6 is 0 Å². The molecule has 35 heavy (non-hydrogen) atoms. The van der Waals surface area contributed by atoms with Gasteiger partial charge < -0.3 is 20.5 Å². The van der Waals surface area contributed by atoms with Crippen LogP contribution in [0.25, 0.3) is 0 Å². The lowest BCUT2D eigenvalue weighted by atomic mass is 9.84. The highest BCUT2D eigenvalue weighted by Gasteiger charge is 2.37. The molecule has 0 unspecified atom stereocenters. The molecule has 3 aromatic rings. The van der Waals surface area contributed by atoms with Gasteiger partial charge in [-0.25, -0.2) is 9.37 Å². The van der Waals surface area contributed by atoms with Gasteiger partial charge in [0.1, 0.15) is 11.6 Å². The third kappa shape index (κ3) is 5.86. The van der Waals surface area contributed by atoms with E-state index in [9.17, 15) is 27.5 Å². The second-order valence-electron chi connectivity index (χ2n) is 8.36. The maximum atomic E-state index is 13.5. The molecular weight excluding hydrogens is 468 g/mol. The number of primary amides is 1. The van der Waals surface area contributed by atoms with Crippen molar-refractivity contribution in [2.24, 2.45) is 5.73 Å². The van der Waals surface area contributed by atoms with E-state index in [1.54, 1.807) is 24.3 Å². The molecule has 7 nitrogen and oxygen atoms in total. The first-order chi connectivity index (χ1) is 16.5. The van der Waals surface area contributed by atoms with Gasteiger partial charge >= 0.3 is 6.18 Å². The third-order valence-electron chi connectivity index (χ3n) is 5.78. The van der Waals surface area contributed by atoms with Gasteiger partial charge in [-0.2, -0.15) is 18.2 Å². The average molecular weight is 490 g/mol. The maximum absolute atomic E-state index is 13.5. The Morgan fingerprint density at radius 3 is 2.46 bits per heavy atom. The zero-order chi connectivity index (χ0) is 25.2. The summed E-state index contributed by atoms with van der Waals surface area (Å²) in [5, 5.41) is 11.1. The summed E-state index contributed by atoms with van der Waals surface area (Å²) in [4.78, 5) is 20.9. The molecule has 11 heteroatoms. The minimum absolute atomic E-state index is 0.0103. The molecule has 2 heterocycles. The van der Waals surface area contributed by atoms with Gasteiger partial charge in [-0.3, -0.25) is 4.79 Å². The van der Waals surface area contributed by atoms with E-state index in [0.29, 0.717) is 17.2 Å². The molecule has 0 spiro atoms. The standard InChI is InChI=1S/C24H22F4N4O3/c25-16-5-3-6-17(12-16)35-20-13-19(24(26,27)28)30-22(31-20)32-10-8-23(34,9-11-32)14-15-4-1-2-7-18(15)21(29)33/h1-7,12-13,34H,8-11,14H2,(H2,29,33). The minimum atomic E-state index is -4.76. The van der Waals surface area contributed by atoms with E-state index in [4.69, 9.17) is 10.5 Å². The lowest BCUT2D eigenvalue weighted by Gasteiger charge is -2.38. The summed E-state index contributed by atoms with van der Waals surface area (Å²) in [6.45, 7) is 0.325. The first-order valence-corrected chi connectivity index (χ1v) is 10.8. The summed E-state index contributed by atoms with van der Waals surface area (Å²) in [5.74, 6) is -1.83. The third-order valence-corrected chi connectivity index (χ3v) is 5.78. The van der Waals surface area contributed by atoms with Gasteiger partial charge in [-0.1, -0.05) is 24.3 Å². The quantitative estimate of drug-likeness (QED) is 0.505. The smallest absolute Gasteiger partial charge is 0.433 e. The molecular formula is C24H22F4N4O3. The predicted molar refractivity (Wildman–Crippen MR) is 119 cm³/mol. The van der Waals surface area contributed by atoms with Gasteiger partial charge in [0.25, 0.3) is 0 Å². The van der Waals surface area contributed by atoms with Gasteiger partial charge in [-0.15, -0.1) is 0 Å². The molecule has 3 N–H and O–H groups in total. The second kappa shape index (κ2) is 9.49. The monoisotopic (exact) mass is 490 g/mol. The summed E-state index contributed by atoms with van der Waals surface area (Å²) in [6.07, 6.45) is -4.20. The summed E-state index contributed by atoms with van der Waals surface area (Å²) >= 11 is 0. The van der Waals surface area contributed by atoms with E-state index in [1.165, 1.54) is 23.1 Å². The average Bonchev–Trinajstić information content (AvgIpc) is 2.79. The van der Waals surface area contributed by atoms with Crippen LogP contribution in [0.5, 0.6) is 11.6 Å². The Morgan fingerprint density at radius 2 is 1.80 bits per heavy atom. The second-order valence-corrected chi connectivity index (χ2v) is 8.36. The van der Waals surface area contributed by atoms with Crippen LogP contribution in [0, 0.1) is 5.82 Å². The van der Waals surface area contributed by atoms with Crippen LogP contribution in [0.3, 0.4) is 0 Å². The van der Waals surface area contributed by atoms with Gasteiger partial charge in [0.2, 0.25) is 17.7 Å². The molecule has 1 aliphatic heterocycles. The molecule has 1 saturated heterocycles. The number of nitrogens with two attached hydrogens (primary N) is 1. The van der Waals surface area contributed by atoms with Crippen molar-refractivity contribution in [1.82, 2.24) is 9.97 Å². The number of aromatic nitrogens is 2. The van der Waals surface area contributed by atoms with Gasteiger partial charge in [0.05, 0.1) is 5.60 Å². The van der Waals surface area contributed by atoms with Crippen molar-refractivity contribution in [3.05, 3.63) is 77.2 Å². The number of nitrogens with zero attached hydrogens (tertiary/aromatic N) is 3. The number of amides is 1. The highest BCUT2D eigenvalue weighted by molar-refractivity contribution is 5.94. The van der Waals surface area contributed by atoms with Crippen LogP contribution in [0.15, 0.2) is 54.6 Å². The van der Waals surface area contributed by atoms with Crippen LogP contribution in [0.1, 0.15) is 34.5 Å². The van der Waals surface area contributed by atoms with Crippen molar-refractivity contribution in [3.63, 3.8) is 0 Å². The zero-order valence-electron chi connectivity index (χ0n) is 18.4. The number of aliphatic hydroxyl groups is 1. The van der Waals surface area contributed by atoms with Crippen molar-refractivity contribution in [2.45, 2.75) is 31.0 Å². The molecule has 4 rings (SSSR count). The van der Waals surface area contributed by atoms with Gasteiger partial charge in [0, 0.05) is 37.2 Å². The summed E-state index contributed by atoms with van der Waals surface area (Å²) < 4.78 is 59.3. The Balaban J connectivity index is 1.54. The zero-order valence-corrected chi connectivity index (χ0v) is 18.4. The SMILES string of the molecule is NC(=O)c1ccccc1CC1(O)CCN(c2nc(Oc3cccc(F)c3)cc(C(F)(F)F)n2)CC1. The first kappa shape index (κ1) is 24.4. The number of hydrogen-bond donors (Lipinski definition) is 2. The van der Waals surface area contributed by atoms with Crippen LogP contribution < -0.4 is 15.4 Å². The molecule has 2 aromatic carbocycles. The molecule has 0 saturated carbocycles. The number of benzene rings is 2. The number of carbonyl (C=O) groups is 1. The fourth-order valence-corrected chi connectivity index (χ4v) is 3.97. The number of halogens is 4. The molecule has 184 valence electrons. The Bertz CT molecular complexity index is 1230. The summed E-state index contributed by atoms with van der Waals surface area (Å²) in [6, 6.07) is 12.3. The van der Waals surface area contributed by atoms with E-state index in [2.05, 4.69) is 9.97 Å². The van der Waals surface area contributed by atoms with E-state index in [-0.39, 0.29) is 49.9 Å². The Hall–Kier alpha value is -3.73. The number of anilines is 1. The molecule has 1 fully saturated rings. The van der Waals surface area contributed by atoms with E-state index < -0.39 is 29.2 Å². The Morgan fingerprint density at radius 1 is 1.09 bits per heavy atom. The number of carbonyl (C=O) groups excluding carboxylic acids is 1. The molecule has 0 aliphatic carbocycles. The highest BCUT2D eigenvalue weighted by atomic mass is 19.4. The van der Waals surface area contributed by atoms with Crippen molar-refractivity contribution in [2.75, 3.05) is 18.0 Å². The first-order valence-electron chi connectivity index (χ1n) is 10.8. The fourth-order valence-electron chi connectivity index (χ4n) is 3.97. The number of piperidine rings is 1. The number of hydrogen-bond acceptors (Lipinski definition) is 6. The molecule has 1 aromatic heterocycles. The molecule has 0 bridgehead atoms. The van der Waals surface area contributed by atoms with Crippen LogP contribution in [0.4, 0.5) is 23.5 Å². The molecule has 0 atom stereocenters. The maximum Gasteiger partial charge on any atom is 0.433 e. The van der Waals surface area contributed by atoms with Gasteiger partial charge in [-0.05, 0) is 36.6 Å². The van der Waals surface area contributed by atoms with E-state index >= 15 is 0 Å². The van der Waals surface area contributed by atoms with Crippen molar-refractivity contribution < 1.29 is 32.2 Å². The van der Waals surface area contributed by atoms with E-state index in [0.717, 1.165) is 6.07 Å². The van der Waals surface area contributed by atoms with E-state index in [1.807, 2.05) is 0 Å².